The number of hydrogen-bond acceptors (Lipinski definition) is 4. The van der Waals surface area contributed by atoms with Gasteiger partial charge < -0.3 is 5.32 Å². The van der Waals surface area contributed by atoms with Crippen molar-refractivity contribution < 1.29 is 8.42 Å². The third-order valence-corrected chi connectivity index (χ3v) is 6.23. The van der Waals surface area contributed by atoms with Crippen molar-refractivity contribution in [3.63, 3.8) is 0 Å². The normalized spacial score (nSPS) is 16.5. The van der Waals surface area contributed by atoms with E-state index in [1.807, 2.05) is 19.1 Å². The maximum absolute atomic E-state index is 13.0. The number of sulfonamides is 1. The zero-order valence-corrected chi connectivity index (χ0v) is 15.0. The molecule has 0 atom stereocenters. The second-order valence-corrected chi connectivity index (χ2v) is 7.81. The van der Waals surface area contributed by atoms with Gasteiger partial charge in [-0.1, -0.05) is 12.1 Å². The zero-order chi connectivity index (χ0) is 15.7. The fourth-order valence-corrected chi connectivity index (χ4v) is 4.55. The molecule has 0 saturated carbocycles. The minimum absolute atomic E-state index is 0. The van der Waals surface area contributed by atoms with E-state index >= 15 is 0 Å². The van der Waals surface area contributed by atoms with Crippen LogP contribution in [0, 0.1) is 6.92 Å². The van der Waals surface area contributed by atoms with Gasteiger partial charge in [-0.05, 0) is 50.6 Å². The number of pyridine rings is 1. The highest BCUT2D eigenvalue weighted by atomic mass is 35.5. The number of para-hydroxylation sites is 1. The maximum atomic E-state index is 13.0. The molecular formula is C16H22ClN3O2S. The van der Waals surface area contributed by atoms with Crippen LogP contribution in [0.3, 0.4) is 0 Å². The number of piperidine rings is 1. The minimum Gasteiger partial charge on any atom is -0.317 e. The lowest BCUT2D eigenvalue weighted by Crippen LogP contribution is -2.43. The second kappa shape index (κ2) is 7.13. The van der Waals surface area contributed by atoms with Crippen LogP contribution in [0.5, 0.6) is 0 Å². The fourth-order valence-electron chi connectivity index (χ4n) is 2.97. The van der Waals surface area contributed by atoms with Crippen LogP contribution in [0.4, 0.5) is 0 Å². The average molecular weight is 356 g/mol. The van der Waals surface area contributed by atoms with Crippen LogP contribution in [-0.4, -0.2) is 43.9 Å². The topological polar surface area (TPSA) is 62.3 Å². The minimum atomic E-state index is -3.54. The molecule has 1 aliphatic rings. The van der Waals surface area contributed by atoms with Crippen molar-refractivity contribution in [2.24, 2.45) is 0 Å². The first-order chi connectivity index (χ1) is 10.5. The van der Waals surface area contributed by atoms with Crippen LogP contribution in [0.1, 0.15) is 18.4 Å². The van der Waals surface area contributed by atoms with E-state index in [0.717, 1.165) is 36.9 Å². The molecule has 1 aromatic heterocycles. The predicted molar refractivity (Wildman–Crippen MR) is 94.6 cm³/mol. The number of nitrogens with zero attached hydrogens (tertiary/aromatic N) is 2. The molecule has 1 aliphatic heterocycles. The SMILES string of the molecule is Cc1cnc2c(S(=O)(=O)N(C)C3CCNCC3)cccc2c1.Cl. The van der Waals surface area contributed by atoms with Gasteiger partial charge in [0.15, 0.2) is 0 Å². The summed E-state index contributed by atoms with van der Waals surface area (Å²) in [7, 11) is -1.86. The van der Waals surface area contributed by atoms with E-state index in [0.29, 0.717) is 10.4 Å². The summed E-state index contributed by atoms with van der Waals surface area (Å²) in [5.74, 6) is 0. The van der Waals surface area contributed by atoms with Crippen molar-refractivity contribution >= 4 is 33.3 Å². The number of nitrogens with one attached hydrogen (secondary N) is 1. The molecule has 5 nitrogen and oxygen atoms in total. The Hall–Kier alpha value is -1.21. The van der Waals surface area contributed by atoms with Crippen molar-refractivity contribution in [2.45, 2.75) is 30.7 Å². The zero-order valence-electron chi connectivity index (χ0n) is 13.3. The molecule has 1 saturated heterocycles. The third kappa shape index (κ3) is 3.50. The fraction of sp³-hybridized carbons (Fsp3) is 0.438. The second-order valence-electron chi connectivity index (χ2n) is 5.84. The van der Waals surface area contributed by atoms with Crippen LogP contribution < -0.4 is 5.32 Å². The van der Waals surface area contributed by atoms with E-state index in [1.165, 1.54) is 4.31 Å². The lowest BCUT2D eigenvalue weighted by atomic mass is 10.1. The molecule has 3 rings (SSSR count). The molecule has 2 heterocycles. The van der Waals surface area contributed by atoms with Gasteiger partial charge in [0, 0.05) is 24.7 Å². The van der Waals surface area contributed by atoms with Gasteiger partial charge >= 0.3 is 0 Å². The van der Waals surface area contributed by atoms with Gasteiger partial charge in [-0.15, -0.1) is 12.4 Å². The molecule has 0 radical (unpaired) electrons. The number of rotatable bonds is 3. The molecular weight excluding hydrogens is 334 g/mol. The number of hydrogen-bond donors (Lipinski definition) is 1. The van der Waals surface area contributed by atoms with E-state index in [2.05, 4.69) is 10.3 Å². The molecule has 0 amide bonds. The van der Waals surface area contributed by atoms with Crippen molar-refractivity contribution in [1.82, 2.24) is 14.6 Å². The van der Waals surface area contributed by atoms with Gasteiger partial charge in [0.05, 0.1) is 5.52 Å². The molecule has 7 heteroatoms. The Morgan fingerprint density at radius 2 is 1.96 bits per heavy atom. The Bertz CT molecular complexity index is 789. The van der Waals surface area contributed by atoms with Crippen molar-refractivity contribution in [2.75, 3.05) is 20.1 Å². The smallest absolute Gasteiger partial charge is 0.245 e. The van der Waals surface area contributed by atoms with E-state index < -0.39 is 10.0 Å². The molecule has 1 N–H and O–H groups in total. The maximum Gasteiger partial charge on any atom is 0.245 e. The number of halogens is 1. The van der Waals surface area contributed by atoms with Crippen molar-refractivity contribution in [3.8, 4) is 0 Å². The average Bonchev–Trinajstić information content (AvgIpc) is 2.54. The first kappa shape index (κ1) is 18.1. The highest BCUT2D eigenvalue weighted by Crippen LogP contribution is 2.26. The third-order valence-electron chi connectivity index (χ3n) is 4.29. The van der Waals surface area contributed by atoms with E-state index in [9.17, 15) is 8.42 Å². The highest BCUT2D eigenvalue weighted by Gasteiger charge is 2.30. The number of fused-ring (bicyclic) bond motifs is 1. The summed E-state index contributed by atoms with van der Waals surface area (Å²) < 4.78 is 27.5. The summed E-state index contributed by atoms with van der Waals surface area (Å²) in [4.78, 5) is 4.65. The molecule has 1 aromatic carbocycles. The first-order valence-corrected chi connectivity index (χ1v) is 8.98. The Labute approximate surface area is 143 Å². The molecule has 23 heavy (non-hydrogen) atoms. The van der Waals surface area contributed by atoms with Crippen LogP contribution in [0.2, 0.25) is 0 Å². The van der Waals surface area contributed by atoms with E-state index in [1.54, 1.807) is 25.4 Å². The molecule has 0 bridgehead atoms. The molecule has 126 valence electrons. The van der Waals surface area contributed by atoms with Crippen LogP contribution >= 0.6 is 12.4 Å². The summed E-state index contributed by atoms with van der Waals surface area (Å²) in [6.07, 6.45) is 3.39. The number of benzene rings is 1. The highest BCUT2D eigenvalue weighted by molar-refractivity contribution is 7.89. The predicted octanol–water partition coefficient (Wildman–Crippen LogP) is 2.34. The van der Waals surface area contributed by atoms with Crippen LogP contribution in [-0.2, 0) is 10.0 Å². The number of aromatic nitrogens is 1. The Kier molecular flexibility index (Phi) is 5.62. The van der Waals surface area contributed by atoms with Gasteiger partial charge in [-0.3, -0.25) is 4.98 Å². The number of aryl methyl sites for hydroxylation is 1. The van der Waals surface area contributed by atoms with Gasteiger partial charge in [0.2, 0.25) is 10.0 Å². The standard InChI is InChI=1S/C16H21N3O2S.ClH/c1-12-10-13-4-3-5-15(16(13)18-11-12)22(20,21)19(2)14-6-8-17-9-7-14;/h3-5,10-11,14,17H,6-9H2,1-2H3;1H. The largest absolute Gasteiger partial charge is 0.317 e. The molecule has 0 unspecified atom stereocenters. The van der Waals surface area contributed by atoms with Crippen LogP contribution in [0.25, 0.3) is 10.9 Å². The van der Waals surface area contributed by atoms with Crippen molar-refractivity contribution in [3.05, 3.63) is 36.0 Å². The Morgan fingerprint density at radius 1 is 1.26 bits per heavy atom. The monoisotopic (exact) mass is 355 g/mol. The first-order valence-electron chi connectivity index (χ1n) is 7.54. The quantitative estimate of drug-likeness (QED) is 0.918. The summed E-state index contributed by atoms with van der Waals surface area (Å²) in [6.45, 7) is 3.67. The summed E-state index contributed by atoms with van der Waals surface area (Å²) in [6, 6.07) is 7.35. The molecule has 2 aromatic rings. The summed E-state index contributed by atoms with van der Waals surface area (Å²) in [5.41, 5.74) is 1.57. The van der Waals surface area contributed by atoms with E-state index in [4.69, 9.17) is 0 Å². The summed E-state index contributed by atoms with van der Waals surface area (Å²) >= 11 is 0. The summed E-state index contributed by atoms with van der Waals surface area (Å²) in [5, 5.41) is 4.12. The molecule has 1 fully saturated rings. The van der Waals surface area contributed by atoms with Gasteiger partial charge in [-0.25, -0.2) is 8.42 Å². The van der Waals surface area contributed by atoms with E-state index in [-0.39, 0.29) is 18.4 Å². The lowest BCUT2D eigenvalue weighted by Gasteiger charge is -2.31. The van der Waals surface area contributed by atoms with Crippen LogP contribution in [0.15, 0.2) is 35.4 Å². The van der Waals surface area contributed by atoms with Gasteiger partial charge in [0.25, 0.3) is 0 Å². The Morgan fingerprint density at radius 3 is 2.65 bits per heavy atom. The van der Waals surface area contributed by atoms with Crippen molar-refractivity contribution in [1.29, 1.82) is 0 Å². The van der Waals surface area contributed by atoms with Gasteiger partial charge in [0.1, 0.15) is 4.90 Å². The van der Waals surface area contributed by atoms with Gasteiger partial charge in [-0.2, -0.15) is 4.31 Å². The molecule has 0 aliphatic carbocycles. The molecule has 0 spiro atoms. The lowest BCUT2D eigenvalue weighted by molar-refractivity contribution is 0.296. The Balaban J connectivity index is 0.00000192.